The number of alkyl halides is 1. The first-order valence-corrected chi connectivity index (χ1v) is 5.52. The number of carbonyl (C=O) groups excluding carboxylic acids is 1. The number of hydrogen-bond donors (Lipinski definition) is 0. The van der Waals surface area contributed by atoms with Gasteiger partial charge in [0.2, 0.25) is 6.29 Å². The van der Waals surface area contributed by atoms with Gasteiger partial charge in [0, 0.05) is 12.8 Å². The summed E-state index contributed by atoms with van der Waals surface area (Å²) in [6.45, 7) is 6.07. The predicted molar refractivity (Wildman–Crippen MR) is 56.3 cm³/mol. The molecule has 0 aromatic heterocycles. The van der Waals surface area contributed by atoms with Crippen LogP contribution in [0.1, 0.15) is 40.0 Å². The van der Waals surface area contributed by atoms with Gasteiger partial charge in [-0.05, 0) is 6.42 Å². The van der Waals surface area contributed by atoms with Gasteiger partial charge >= 0.3 is 5.97 Å². The van der Waals surface area contributed by atoms with Crippen LogP contribution in [0, 0.1) is 0 Å². The largest absolute Gasteiger partial charge is 0.436 e. The standard InChI is InChI=1S/C10H19ClO3/c1-4-8(11)7-13-10(6-3)14-9(12)5-2/h8,10H,4-7H2,1-3H3. The topological polar surface area (TPSA) is 35.5 Å². The van der Waals surface area contributed by atoms with Crippen molar-refractivity contribution in [2.75, 3.05) is 6.61 Å². The molecule has 0 saturated carbocycles. The molecule has 3 nitrogen and oxygen atoms in total. The minimum absolute atomic E-state index is 0.00983. The van der Waals surface area contributed by atoms with E-state index >= 15 is 0 Å². The van der Waals surface area contributed by atoms with Gasteiger partial charge < -0.3 is 9.47 Å². The van der Waals surface area contributed by atoms with Crippen LogP contribution in [0.3, 0.4) is 0 Å². The van der Waals surface area contributed by atoms with Gasteiger partial charge in [-0.25, -0.2) is 0 Å². The van der Waals surface area contributed by atoms with Crippen molar-refractivity contribution in [1.29, 1.82) is 0 Å². The average molecular weight is 223 g/mol. The molecular weight excluding hydrogens is 204 g/mol. The van der Waals surface area contributed by atoms with Gasteiger partial charge in [0.25, 0.3) is 0 Å². The number of halogens is 1. The maximum absolute atomic E-state index is 11.0. The molecule has 0 aliphatic carbocycles. The summed E-state index contributed by atoms with van der Waals surface area (Å²) in [5.74, 6) is -0.237. The summed E-state index contributed by atoms with van der Waals surface area (Å²) in [5.41, 5.74) is 0. The van der Waals surface area contributed by atoms with Crippen LogP contribution in [0.15, 0.2) is 0 Å². The maximum atomic E-state index is 11.0. The summed E-state index contributed by atoms with van der Waals surface area (Å²) >= 11 is 5.87. The lowest BCUT2D eigenvalue weighted by Gasteiger charge is -2.17. The third-order valence-corrected chi connectivity index (χ3v) is 2.23. The van der Waals surface area contributed by atoms with Crippen LogP contribution in [0.2, 0.25) is 0 Å². The quantitative estimate of drug-likeness (QED) is 0.378. The molecule has 0 aliphatic heterocycles. The molecule has 2 unspecified atom stereocenters. The Kier molecular flexibility index (Phi) is 7.90. The van der Waals surface area contributed by atoms with Crippen molar-refractivity contribution in [3.63, 3.8) is 0 Å². The van der Waals surface area contributed by atoms with E-state index in [9.17, 15) is 4.79 Å². The lowest BCUT2D eigenvalue weighted by atomic mass is 10.3. The zero-order chi connectivity index (χ0) is 11.0. The highest BCUT2D eigenvalue weighted by molar-refractivity contribution is 6.20. The Labute approximate surface area is 90.7 Å². The van der Waals surface area contributed by atoms with Crippen molar-refractivity contribution in [2.45, 2.75) is 51.7 Å². The van der Waals surface area contributed by atoms with Crippen LogP contribution in [0.5, 0.6) is 0 Å². The van der Waals surface area contributed by atoms with Crippen LogP contribution in [0.25, 0.3) is 0 Å². The van der Waals surface area contributed by atoms with E-state index in [0.717, 1.165) is 6.42 Å². The lowest BCUT2D eigenvalue weighted by Crippen LogP contribution is -2.23. The van der Waals surface area contributed by atoms with E-state index in [2.05, 4.69) is 0 Å². The Balaban J connectivity index is 3.73. The van der Waals surface area contributed by atoms with Gasteiger partial charge in [0.05, 0.1) is 12.0 Å². The molecule has 0 aromatic rings. The van der Waals surface area contributed by atoms with Gasteiger partial charge in [-0.15, -0.1) is 11.6 Å². The zero-order valence-electron chi connectivity index (χ0n) is 9.09. The van der Waals surface area contributed by atoms with E-state index in [1.165, 1.54) is 0 Å². The number of rotatable bonds is 7. The Morgan fingerprint density at radius 2 is 1.93 bits per heavy atom. The molecule has 4 heteroatoms. The molecule has 0 rings (SSSR count). The third-order valence-electron chi connectivity index (χ3n) is 1.79. The summed E-state index contributed by atoms with van der Waals surface area (Å²) in [4.78, 5) is 11.0. The van der Waals surface area contributed by atoms with E-state index in [0.29, 0.717) is 19.4 Å². The molecule has 2 atom stereocenters. The summed E-state index contributed by atoms with van der Waals surface area (Å²) in [6, 6.07) is 0. The number of hydrogen-bond acceptors (Lipinski definition) is 3. The normalized spacial score (nSPS) is 14.9. The Morgan fingerprint density at radius 1 is 1.29 bits per heavy atom. The second kappa shape index (κ2) is 8.06. The van der Waals surface area contributed by atoms with Gasteiger partial charge in [0.15, 0.2) is 0 Å². The van der Waals surface area contributed by atoms with Gasteiger partial charge in [-0.1, -0.05) is 20.8 Å². The summed E-state index contributed by atoms with van der Waals surface area (Å²) in [5, 5.41) is -0.00983. The van der Waals surface area contributed by atoms with Crippen LogP contribution >= 0.6 is 11.6 Å². The summed E-state index contributed by atoms with van der Waals surface area (Å²) < 4.78 is 10.4. The van der Waals surface area contributed by atoms with Crippen LogP contribution in [-0.4, -0.2) is 24.2 Å². The monoisotopic (exact) mass is 222 g/mol. The second-order valence-electron chi connectivity index (χ2n) is 3.02. The molecule has 84 valence electrons. The lowest BCUT2D eigenvalue weighted by molar-refractivity contribution is -0.178. The Morgan fingerprint density at radius 3 is 2.36 bits per heavy atom. The Hall–Kier alpha value is -0.280. The number of ether oxygens (including phenoxy) is 2. The van der Waals surface area contributed by atoms with Crippen molar-refractivity contribution in [1.82, 2.24) is 0 Å². The Bertz CT molecular complexity index is 161. The van der Waals surface area contributed by atoms with Gasteiger partial charge in [-0.2, -0.15) is 0 Å². The first kappa shape index (κ1) is 13.7. The molecule has 0 aliphatic rings. The van der Waals surface area contributed by atoms with Crippen LogP contribution in [-0.2, 0) is 14.3 Å². The van der Waals surface area contributed by atoms with Crippen molar-refractivity contribution in [3.05, 3.63) is 0 Å². The minimum atomic E-state index is -0.449. The molecule has 0 saturated heterocycles. The fourth-order valence-corrected chi connectivity index (χ4v) is 0.867. The summed E-state index contributed by atoms with van der Waals surface area (Å²) in [7, 11) is 0. The maximum Gasteiger partial charge on any atom is 0.307 e. The van der Waals surface area contributed by atoms with Crippen molar-refractivity contribution >= 4 is 17.6 Å². The van der Waals surface area contributed by atoms with Crippen molar-refractivity contribution in [3.8, 4) is 0 Å². The fraction of sp³-hybridized carbons (Fsp3) is 0.900. The zero-order valence-corrected chi connectivity index (χ0v) is 9.84. The summed E-state index contributed by atoms with van der Waals surface area (Å²) in [6.07, 6.45) is 1.42. The molecule has 0 heterocycles. The molecule has 0 aromatic carbocycles. The molecule has 0 radical (unpaired) electrons. The first-order chi connectivity index (χ1) is 6.63. The second-order valence-corrected chi connectivity index (χ2v) is 3.64. The smallest absolute Gasteiger partial charge is 0.307 e. The fourth-order valence-electron chi connectivity index (χ4n) is 0.795. The molecule has 0 bridgehead atoms. The SMILES string of the molecule is CCC(=O)OC(CC)OCC(Cl)CC. The van der Waals surface area contributed by atoms with E-state index in [-0.39, 0.29) is 11.3 Å². The van der Waals surface area contributed by atoms with Crippen LogP contribution in [0.4, 0.5) is 0 Å². The highest BCUT2D eigenvalue weighted by Gasteiger charge is 2.13. The molecular formula is C10H19ClO3. The predicted octanol–water partition coefficient (Wildman–Crippen LogP) is 2.71. The van der Waals surface area contributed by atoms with Crippen molar-refractivity contribution < 1.29 is 14.3 Å². The highest BCUT2D eigenvalue weighted by atomic mass is 35.5. The first-order valence-electron chi connectivity index (χ1n) is 5.09. The highest BCUT2D eigenvalue weighted by Crippen LogP contribution is 2.07. The molecule has 14 heavy (non-hydrogen) atoms. The van der Waals surface area contributed by atoms with E-state index in [1.807, 2.05) is 13.8 Å². The van der Waals surface area contributed by atoms with E-state index < -0.39 is 6.29 Å². The van der Waals surface area contributed by atoms with E-state index in [1.54, 1.807) is 6.92 Å². The third kappa shape index (κ3) is 6.22. The number of carbonyl (C=O) groups is 1. The molecule has 0 fully saturated rings. The molecule has 0 N–H and O–H groups in total. The van der Waals surface area contributed by atoms with Crippen molar-refractivity contribution in [2.24, 2.45) is 0 Å². The van der Waals surface area contributed by atoms with Gasteiger partial charge in [-0.3, -0.25) is 4.79 Å². The van der Waals surface area contributed by atoms with Gasteiger partial charge in [0.1, 0.15) is 0 Å². The van der Waals surface area contributed by atoms with E-state index in [4.69, 9.17) is 21.1 Å². The number of esters is 1. The molecule has 0 spiro atoms. The van der Waals surface area contributed by atoms with Crippen LogP contribution < -0.4 is 0 Å². The average Bonchev–Trinajstić information content (AvgIpc) is 2.22. The minimum Gasteiger partial charge on any atom is -0.436 e. The molecule has 0 amide bonds.